The van der Waals surface area contributed by atoms with E-state index in [4.69, 9.17) is 29.5 Å². The third kappa shape index (κ3) is 5.77. The molecular weight excluding hydrogens is 458 g/mol. The molecule has 2 N–H and O–H groups in total. The summed E-state index contributed by atoms with van der Waals surface area (Å²) in [6, 6.07) is 8.48. The summed E-state index contributed by atoms with van der Waals surface area (Å²) < 4.78 is 12.0. The molecule has 0 unspecified atom stereocenters. The number of methoxy groups -OCH3 is 1. The fraction of sp³-hybridized carbons (Fsp3) is 0.793. The van der Waals surface area contributed by atoms with Crippen LogP contribution in [0.15, 0.2) is 24.3 Å². The topological polar surface area (TPSA) is 80.6 Å². The molecule has 0 aromatic heterocycles. The molecule has 0 heterocycles. The SMILES string of the molecule is COC1(OOC2CCC(c3ccc(OCCN(CCO)CCO)cc3)CC2)C2CC3CC(C2)CC1C3. The van der Waals surface area contributed by atoms with Gasteiger partial charge in [-0.15, -0.1) is 0 Å². The predicted octanol–water partition coefficient (Wildman–Crippen LogP) is 4.13. The van der Waals surface area contributed by atoms with Crippen molar-refractivity contribution in [3.05, 3.63) is 29.8 Å². The van der Waals surface area contributed by atoms with Crippen LogP contribution in [-0.2, 0) is 14.5 Å². The molecule has 0 radical (unpaired) electrons. The van der Waals surface area contributed by atoms with Gasteiger partial charge in [0.15, 0.2) is 0 Å². The van der Waals surface area contributed by atoms with E-state index in [1.54, 1.807) is 0 Å². The summed E-state index contributed by atoms with van der Waals surface area (Å²) in [5, 5.41) is 18.2. The quantitative estimate of drug-likeness (QED) is 0.238. The minimum atomic E-state index is -0.521. The smallest absolute Gasteiger partial charge is 0.207 e. The maximum atomic E-state index is 9.12. The second kappa shape index (κ2) is 12.1. The first-order chi connectivity index (χ1) is 17.6. The van der Waals surface area contributed by atoms with Crippen LogP contribution < -0.4 is 4.74 Å². The molecule has 0 amide bonds. The van der Waals surface area contributed by atoms with Crippen LogP contribution in [0.5, 0.6) is 5.75 Å². The monoisotopic (exact) mass is 503 g/mol. The number of hydrogen-bond donors (Lipinski definition) is 2. The van der Waals surface area contributed by atoms with Crippen molar-refractivity contribution in [1.29, 1.82) is 0 Å². The van der Waals surface area contributed by atoms with E-state index in [-0.39, 0.29) is 19.3 Å². The van der Waals surface area contributed by atoms with E-state index >= 15 is 0 Å². The summed E-state index contributed by atoms with van der Waals surface area (Å²) >= 11 is 0. The Bertz CT molecular complexity index is 774. The van der Waals surface area contributed by atoms with Crippen LogP contribution in [0.1, 0.15) is 69.3 Å². The molecule has 0 spiro atoms. The van der Waals surface area contributed by atoms with Gasteiger partial charge in [0.2, 0.25) is 5.79 Å². The van der Waals surface area contributed by atoms with Crippen molar-refractivity contribution in [2.45, 2.75) is 75.6 Å². The van der Waals surface area contributed by atoms with Gasteiger partial charge in [-0.05, 0) is 93.2 Å². The van der Waals surface area contributed by atoms with Crippen LogP contribution in [0.3, 0.4) is 0 Å². The summed E-state index contributed by atoms with van der Waals surface area (Å²) in [6.45, 7) is 2.49. The Hall–Kier alpha value is -1.22. The summed E-state index contributed by atoms with van der Waals surface area (Å²) in [7, 11) is 1.82. The minimum Gasteiger partial charge on any atom is -0.492 e. The van der Waals surface area contributed by atoms with E-state index in [9.17, 15) is 0 Å². The highest BCUT2D eigenvalue weighted by Crippen LogP contribution is 2.60. The summed E-state index contributed by atoms with van der Waals surface area (Å²) in [5.41, 5.74) is 1.36. The van der Waals surface area contributed by atoms with Gasteiger partial charge in [-0.1, -0.05) is 12.1 Å². The molecule has 4 bridgehead atoms. The molecule has 5 aliphatic rings. The van der Waals surface area contributed by atoms with Crippen LogP contribution in [-0.4, -0.2) is 73.6 Å². The van der Waals surface area contributed by atoms with Gasteiger partial charge in [-0.2, -0.15) is 0 Å². The Morgan fingerprint density at radius 1 is 0.833 bits per heavy atom. The number of rotatable bonds is 13. The van der Waals surface area contributed by atoms with Crippen molar-refractivity contribution in [3.63, 3.8) is 0 Å². The predicted molar refractivity (Wildman–Crippen MR) is 137 cm³/mol. The van der Waals surface area contributed by atoms with E-state index in [1.807, 2.05) is 12.0 Å². The van der Waals surface area contributed by atoms with Crippen LogP contribution in [0.25, 0.3) is 0 Å². The lowest BCUT2D eigenvalue weighted by Crippen LogP contribution is -2.60. The first kappa shape index (κ1) is 26.4. The van der Waals surface area contributed by atoms with E-state index < -0.39 is 5.79 Å². The summed E-state index contributed by atoms with van der Waals surface area (Å²) in [6.07, 6.45) is 10.7. The number of aliphatic hydroxyl groups excluding tert-OH is 2. The van der Waals surface area contributed by atoms with E-state index in [0.29, 0.717) is 44.0 Å². The van der Waals surface area contributed by atoms with Crippen molar-refractivity contribution in [1.82, 2.24) is 4.90 Å². The average Bonchev–Trinajstić information content (AvgIpc) is 2.89. The molecule has 0 saturated heterocycles. The van der Waals surface area contributed by atoms with Crippen molar-refractivity contribution in [3.8, 4) is 5.75 Å². The Labute approximate surface area is 216 Å². The standard InChI is InChI=1S/C29H45NO6/c1-33-29(25-17-21-16-22(19-25)20-26(29)18-21)36-35-28-8-4-24(5-9-28)23-2-6-27(7-3-23)34-15-12-30(10-13-31)11-14-32/h2-3,6-7,21-22,24-26,28,31-32H,4-5,8-20H2,1H3. The molecule has 7 nitrogen and oxygen atoms in total. The first-order valence-corrected chi connectivity index (χ1v) is 14.2. The molecule has 36 heavy (non-hydrogen) atoms. The van der Waals surface area contributed by atoms with E-state index in [0.717, 1.165) is 43.3 Å². The van der Waals surface area contributed by atoms with Crippen LogP contribution in [0.4, 0.5) is 0 Å². The maximum absolute atomic E-state index is 9.12. The number of benzene rings is 1. The Balaban J connectivity index is 1.05. The molecule has 5 aliphatic carbocycles. The second-order valence-electron chi connectivity index (χ2n) is 11.6. The zero-order chi connectivity index (χ0) is 25.0. The highest BCUT2D eigenvalue weighted by molar-refractivity contribution is 5.29. The molecule has 202 valence electrons. The third-order valence-electron chi connectivity index (χ3n) is 9.44. The largest absolute Gasteiger partial charge is 0.492 e. The molecule has 1 aromatic carbocycles. The number of aliphatic hydroxyl groups is 2. The van der Waals surface area contributed by atoms with Crippen LogP contribution in [0, 0.1) is 23.7 Å². The lowest BCUT2D eigenvalue weighted by Gasteiger charge is -2.58. The van der Waals surface area contributed by atoms with Crippen LogP contribution in [0.2, 0.25) is 0 Å². The average molecular weight is 504 g/mol. The fourth-order valence-electron chi connectivity index (χ4n) is 7.73. The number of hydrogen-bond acceptors (Lipinski definition) is 7. The first-order valence-electron chi connectivity index (χ1n) is 14.2. The van der Waals surface area contributed by atoms with Crippen molar-refractivity contribution >= 4 is 0 Å². The van der Waals surface area contributed by atoms with Crippen molar-refractivity contribution in [2.24, 2.45) is 23.7 Å². The lowest BCUT2D eigenvalue weighted by atomic mass is 9.53. The summed E-state index contributed by atoms with van der Waals surface area (Å²) in [5.74, 6) is 3.61. The molecule has 7 heteroatoms. The van der Waals surface area contributed by atoms with Gasteiger partial charge in [0.05, 0.1) is 19.3 Å². The van der Waals surface area contributed by atoms with Gasteiger partial charge in [0.1, 0.15) is 12.4 Å². The molecule has 5 fully saturated rings. The lowest BCUT2D eigenvalue weighted by molar-refractivity contribution is -0.485. The van der Waals surface area contributed by atoms with E-state index in [1.165, 1.54) is 37.7 Å². The van der Waals surface area contributed by atoms with Gasteiger partial charge >= 0.3 is 0 Å². The zero-order valence-electron chi connectivity index (χ0n) is 21.9. The molecule has 0 atom stereocenters. The molecule has 0 aliphatic heterocycles. The van der Waals surface area contributed by atoms with E-state index in [2.05, 4.69) is 24.3 Å². The number of nitrogens with zero attached hydrogens (tertiary/aromatic N) is 1. The molecule has 6 rings (SSSR count). The molecule has 1 aromatic rings. The Kier molecular flexibility index (Phi) is 8.87. The molecule has 5 saturated carbocycles. The summed E-state index contributed by atoms with van der Waals surface area (Å²) in [4.78, 5) is 14.4. The van der Waals surface area contributed by atoms with Gasteiger partial charge in [0.25, 0.3) is 0 Å². The number of ether oxygens (including phenoxy) is 2. The zero-order valence-corrected chi connectivity index (χ0v) is 21.9. The van der Waals surface area contributed by atoms with Crippen molar-refractivity contribution < 1.29 is 29.5 Å². The van der Waals surface area contributed by atoms with Gasteiger partial charge < -0.3 is 19.7 Å². The third-order valence-corrected chi connectivity index (χ3v) is 9.44. The van der Waals surface area contributed by atoms with Crippen LogP contribution >= 0.6 is 0 Å². The highest BCUT2D eigenvalue weighted by Gasteiger charge is 2.60. The Morgan fingerprint density at radius 2 is 1.44 bits per heavy atom. The minimum absolute atomic E-state index is 0.0865. The van der Waals surface area contributed by atoms with Gasteiger partial charge in [-0.3, -0.25) is 4.90 Å². The van der Waals surface area contributed by atoms with Gasteiger partial charge in [-0.25, -0.2) is 9.78 Å². The Morgan fingerprint density at radius 3 is 2.00 bits per heavy atom. The second-order valence-corrected chi connectivity index (χ2v) is 11.6. The fourth-order valence-corrected chi connectivity index (χ4v) is 7.73. The van der Waals surface area contributed by atoms with Crippen molar-refractivity contribution in [2.75, 3.05) is 46.6 Å². The normalized spacial score (nSPS) is 35.4. The maximum Gasteiger partial charge on any atom is 0.207 e. The highest BCUT2D eigenvalue weighted by atomic mass is 17.2. The molecular formula is C29H45NO6. The van der Waals surface area contributed by atoms with Gasteiger partial charge in [0, 0.05) is 38.6 Å².